The number of nitrogens with zero attached hydrogens (tertiary/aromatic N) is 3. The number of hydrogen-bond acceptors (Lipinski definition) is 6. The third-order valence-corrected chi connectivity index (χ3v) is 3.36. The van der Waals surface area contributed by atoms with Crippen LogP contribution in [-0.2, 0) is 0 Å². The van der Waals surface area contributed by atoms with Crippen LogP contribution in [-0.4, -0.2) is 51.1 Å². The Morgan fingerprint density at radius 2 is 2.20 bits per heavy atom. The number of piperazine rings is 1. The SMILES string of the molecule is CC1CN(c2n[nH]c(-c3cc(O)ccc3O)n2)CCN1. The predicted octanol–water partition coefficient (Wildman–Crippen LogP) is 0.681. The van der Waals surface area contributed by atoms with Crippen LogP contribution >= 0.6 is 0 Å². The van der Waals surface area contributed by atoms with Crippen molar-refractivity contribution >= 4 is 5.95 Å². The van der Waals surface area contributed by atoms with Gasteiger partial charge in [-0.3, -0.25) is 5.10 Å². The molecule has 1 aromatic heterocycles. The van der Waals surface area contributed by atoms with Crippen molar-refractivity contribution in [3.8, 4) is 22.9 Å². The van der Waals surface area contributed by atoms with Crippen molar-refractivity contribution in [2.45, 2.75) is 13.0 Å². The van der Waals surface area contributed by atoms with E-state index in [2.05, 4.69) is 32.3 Å². The monoisotopic (exact) mass is 275 g/mol. The van der Waals surface area contributed by atoms with Crippen LogP contribution in [0, 0.1) is 0 Å². The Bertz CT molecular complexity index is 613. The number of phenols is 2. The lowest BCUT2D eigenvalue weighted by Gasteiger charge is -2.30. The van der Waals surface area contributed by atoms with Crippen LogP contribution < -0.4 is 10.2 Å². The summed E-state index contributed by atoms with van der Waals surface area (Å²) in [6.07, 6.45) is 0. The van der Waals surface area contributed by atoms with E-state index < -0.39 is 0 Å². The van der Waals surface area contributed by atoms with Gasteiger partial charge < -0.3 is 20.4 Å². The van der Waals surface area contributed by atoms with Gasteiger partial charge in [-0.15, -0.1) is 5.10 Å². The Kier molecular flexibility index (Phi) is 3.19. The lowest BCUT2D eigenvalue weighted by molar-refractivity contribution is 0.461. The lowest BCUT2D eigenvalue weighted by Crippen LogP contribution is -2.49. The molecule has 7 heteroatoms. The van der Waals surface area contributed by atoms with Gasteiger partial charge in [-0.25, -0.2) is 0 Å². The molecule has 2 aromatic rings. The molecule has 20 heavy (non-hydrogen) atoms. The van der Waals surface area contributed by atoms with Gasteiger partial charge in [-0.05, 0) is 25.1 Å². The van der Waals surface area contributed by atoms with E-state index in [0.717, 1.165) is 19.6 Å². The summed E-state index contributed by atoms with van der Waals surface area (Å²) in [6, 6.07) is 4.70. The first-order valence-electron chi connectivity index (χ1n) is 6.56. The standard InChI is InChI=1S/C13H17N5O2/c1-8-7-18(5-4-14-8)13-15-12(16-17-13)10-6-9(19)2-3-11(10)20/h2-3,6,8,14,19-20H,4-5,7H2,1H3,(H,15,16,17). The highest BCUT2D eigenvalue weighted by Gasteiger charge is 2.20. The number of anilines is 1. The van der Waals surface area contributed by atoms with Gasteiger partial charge in [0.1, 0.15) is 11.5 Å². The largest absolute Gasteiger partial charge is 0.508 e. The number of hydrogen-bond donors (Lipinski definition) is 4. The molecule has 1 unspecified atom stereocenters. The minimum Gasteiger partial charge on any atom is -0.508 e. The first kappa shape index (κ1) is 12.7. The summed E-state index contributed by atoms with van der Waals surface area (Å²) in [5.41, 5.74) is 0.437. The molecule has 3 rings (SSSR count). The Hall–Kier alpha value is -2.28. The van der Waals surface area contributed by atoms with E-state index in [4.69, 9.17) is 0 Å². The van der Waals surface area contributed by atoms with Gasteiger partial charge in [0.2, 0.25) is 5.95 Å². The first-order chi connectivity index (χ1) is 9.63. The fraction of sp³-hybridized carbons (Fsp3) is 0.385. The van der Waals surface area contributed by atoms with Gasteiger partial charge in [0.15, 0.2) is 5.82 Å². The fourth-order valence-corrected chi connectivity index (χ4v) is 2.34. The number of benzene rings is 1. The fourth-order valence-electron chi connectivity index (χ4n) is 2.34. The van der Waals surface area contributed by atoms with Gasteiger partial charge in [0.05, 0.1) is 5.56 Å². The molecule has 0 saturated carbocycles. The highest BCUT2D eigenvalue weighted by molar-refractivity contribution is 5.66. The molecule has 1 fully saturated rings. The molecular weight excluding hydrogens is 258 g/mol. The van der Waals surface area contributed by atoms with E-state index in [9.17, 15) is 10.2 Å². The van der Waals surface area contributed by atoms with E-state index >= 15 is 0 Å². The topological polar surface area (TPSA) is 97.3 Å². The van der Waals surface area contributed by atoms with Crippen molar-refractivity contribution in [1.82, 2.24) is 20.5 Å². The highest BCUT2D eigenvalue weighted by atomic mass is 16.3. The molecular formula is C13H17N5O2. The molecule has 1 aliphatic rings. The molecule has 0 aliphatic carbocycles. The van der Waals surface area contributed by atoms with Crippen molar-refractivity contribution in [2.24, 2.45) is 0 Å². The number of phenolic OH excluding ortho intramolecular Hbond substituents is 2. The van der Waals surface area contributed by atoms with Crippen molar-refractivity contribution < 1.29 is 10.2 Å². The predicted molar refractivity (Wildman–Crippen MR) is 74.8 cm³/mol. The molecule has 0 radical (unpaired) electrons. The second-order valence-electron chi connectivity index (χ2n) is 4.99. The molecule has 7 nitrogen and oxygen atoms in total. The minimum atomic E-state index is 0.0548. The second kappa shape index (κ2) is 5.01. The Balaban J connectivity index is 1.88. The molecule has 0 spiro atoms. The molecule has 0 amide bonds. The van der Waals surface area contributed by atoms with Crippen molar-refractivity contribution in [3.05, 3.63) is 18.2 Å². The number of aromatic hydroxyl groups is 2. The van der Waals surface area contributed by atoms with Crippen LogP contribution in [0.2, 0.25) is 0 Å². The van der Waals surface area contributed by atoms with Gasteiger partial charge in [-0.1, -0.05) is 0 Å². The average molecular weight is 275 g/mol. The van der Waals surface area contributed by atoms with Gasteiger partial charge >= 0.3 is 0 Å². The number of aromatic nitrogens is 3. The Morgan fingerprint density at radius 3 is 3.00 bits per heavy atom. The van der Waals surface area contributed by atoms with Crippen LogP contribution in [0.5, 0.6) is 11.5 Å². The molecule has 1 aliphatic heterocycles. The number of rotatable bonds is 2. The summed E-state index contributed by atoms with van der Waals surface area (Å²) >= 11 is 0. The molecule has 4 N–H and O–H groups in total. The quantitative estimate of drug-likeness (QED) is 0.602. The number of nitrogens with one attached hydrogen (secondary N) is 2. The zero-order valence-electron chi connectivity index (χ0n) is 11.2. The Morgan fingerprint density at radius 1 is 1.35 bits per heavy atom. The maximum atomic E-state index is 9.83. The van der Waals surface area contributed by atoms with E-state index in [-0.39, 0.29) is 11.5 Å². The summed E-state index contributed by atoms with van der Waals surface area (Å²) in [6.45, 7) is 4.68. The molecule has 2 heterocycles. The Labute approximate surface area is 116 Å². The summed E-state index contributed by atoms with van der Waals surface area (Å²) in [4.78, 5) is 6.49. The maximum absolute atomic E-state index is 9.83. The van der Waals surface area contributed by atoms with Crippen molar-refractivity contribution in [1.29, 1.82) is 0 Å². The molecule has 1 aromatic carbocycles. The third kappa shape index (κ3) is 2.39. The third-order valence-electron chi connectivity index (χ3n) is 3.36. The zero-order valence-corrected chi connectivity index (χ0v) is 11.2. The summed E-state index contributed by atoms with van der Waals surface area (Å²) < 4.78 is 0. The minimum absolute atomic E-state index is 0.0548. The molecule has 0 bridgehead atoms. The summed E-state index contributed by atoms with van der Waals surface area (Å²) in [7, 11) is 0. The van der Waals surface area contributed by atoms with Crippen molar-refractivity contribution in [2.75, 3.05) is 24.5 Å². The molecule has 106 valence electrons. The number of H-pyrrole nitrogens is 1. The van der Waals surface area contributed by atoms with Crippen LogP contribution in [0.1, 0.15) is 6.92 Å². The second-order valence-corrected chi connectivity index (χ2v) is 4.99. The van der Waals surface area contributed by atoms with E-state index in [1.165, 1.54) is 18.2 Å². The maximum Gasteiger partial charge on any atom is 0.245 e. The molecule has 1 atom stereocenters. The van der Waals surface area contributed by atoms with Gasteiger partial charge in [0.25, 0.3) is 0 Å². The molecule has 1 saturated heterocycles. The normalized spacial score (nSPS) is 19.2. The van der Waals surface area contributed by atoms with Crippen LogP contribution in [0.3, 0.4) is 0 Å². The summed E-state index contributed by atoms with van der Waals surface area (Å²) in [5.74, 6) is 1.18. The highest BCUT2D eigenvalue weighted by Crippen LogP contribution is 2.30. The van der Waals surface area contributed by atoms with E-state index in [1.54, 1.807) is 0 Å². The zero-order chi connectivity index (χ0) is 14.1. The van der Waals surface area contributed by atoms with Crippen LogP contribution in [0.25, 0.3) is 11.4 Å². The van der Waals surface area contributed by atoms with Crippen molar-refractivity contribution in [3.63, 3.8) is 0 Å². The average Bonchev–Trinajstić information content (AvgIpc) is 2.91. The smallest absolute Gasteiger partial charge is 0.245 e. The first-order valence-corrected chi connectivity index (χ1v) is 6.56. The van der Waals surface area contributed by atoms with E-state index in [1.807, 2.05) is 0 Å². The number of aromatic amines is 1. The summed E-state index contributed by atoms with van der Waals surface area (Å²) in [5, 5.41) is 29.7. The van der Waals surface area contributed by atoms with Gasteiger partial charge in [0, 0.05) is 25.7 Å². The van der Waals surface area contributed by atoms with Crippen LogP contribution in [0.15, 0.2) is 18.2 Å². The van der Waals surface area contributed by atoms with Gasteiger partial charge in [-0.2, -0.15) is 4.98 Å². The van der Waals surface area contributed by atoms with Crippen LogP contribution in [0.4, 0.5) is 5.95 Å². The van der Waals surface area contributed by atoms with E-state index in [0.29, 0.717) is 23.4 Å². The lowest BCUT2D eigenvalue weighted by atomic mass is 10.2.